The Morgan fingerprint density at radius 3 is 1.50 bits per heavy atom. The van der Waals surface area contributed by atoms with Gasteiger partial charge in [0, 0.05) is 37.1 Å². The van der Waals surface area contributed by atoms with Gasteiger partial charge in [-0.2, -0.15) is 0 Å². The van der Waals surface area contributed by atoms with Gasteiger partial charge in [-0.25, -0.2) is 0 Å². The van der Waals surface area contributed by atoms with E-state index in [1.165, 1.54) is 0 Å². The van der Waals surface area contributed by atoms with Crippen molar-refractivity contribution in [1.29, 1.82) is 0 Å². The average Bonchev–Trinajstić information content (AvgIpc) is 3.45. The van der Waals surface area contributed by atoms with Gasteiger partial charge in [0.2, 0.25) is 11.8 Å². The average molecular weight is 427 g/mol. The fraction of sp³-hybridized carbons (Fsp3) is 0.909. The van der Waals surface area contributed by atoms with E-state index in [2.05, 4.69) is 10.6 Å². The van der Waals surface area contributed by atoms with Crippen molar-refractivity contribution in [3.63, 3.8) is 0 Å². The lowest BCUT2D eigenvalue weighted by Crippen LogP contribution is -2.44. The lowest BCUT2D eigenvalue weighted by Gasteiger charge is -2.29. The van der Waals surface area contributed by atoms with Crippen molar-refractivity contribution in [2.75, 3.05) is 39.6 Å². The van der Waals surface area contributed by atoms with Gasteiger partial charge in [0.05, 0.1) is 38.6 Å². The summed E-state index contributed by atoms with van der Waals surface area (Å²) in [6.07, 6.45) is 5.14. The molecule has 0 aromatic rings. The van der Waals surface area contributed by atoms with Gasteiger partial charge in [-0.05, 0) is 52.4 Å². The number of hydrogen-bond acceptors (Lipinski definition) is 6. The summed E-state index contributed by atoms with van der Waals surface area (Å²) in [4.78, 5) is 25.1. The zero-order valence-electron chi connectivity index (χ0n) is 18.4. The maximum atomic E-state index is 12.6. The highest BCUT2D eigenvalue weighted by Crippen LogP contribution is 2.29. The molecule has 2 heterocycles. The standard InChI is InChI=1S/C22H38N2O6/c1-15(11-29-19-7-9-27-13-19)23-21(25)17-3-5-18(6-4-17)22(26)24-16(2)12-30-20-8-10-28-14-20/h15-20H,3-14H2,1-2H3,(H,23,25)(H,24,26). The van der Waals surface area contributed by atoms with Crippen molar-refractivity contribution in [3.05, 3.63) is 0 Å². The second-order valence-electron chi connectivity index (χ2n) is 9.01. The minimum Gasteiger partial charge on any atom is -0.379 e. The van der Waals surface area contributed by atoms with Crippen molar-refractivity contribution < 1.29 is 28.5 Å². The third-order valence-corrected chi connectivity index (χ3v) is 6.19. The maximum Gasteiger partial charge on any atom is 0.223 e. The molecule has 0 spiro atoms. The van der Waals surface area contributed by atoms with E-state index in [0.717, 1.165) is 51.7 Å². The molecule has 3 fully saturated rings. The molecule has 0 bridgehead atoms. The summed E-state index contributed by atoms with van der Waals surface area (Å²) in [6.45, 7) is 7.74. The normalized spacial score (nSPS) is 31.3. The van der Waals surface area contributed by atoms with Crippen molar-refractivity contribution in [3.8, 4) is 0 Å². The molecule has 8 nitrogen and oxygen atoms in total. The Morgan fingerprint density at radius 1 is 0.767 bits per heavy atom. The predicted octanol–water partition coefficient (Wildman–Crippen LogP) is 1.41. The van der Waals surface area contributed by atoms with Crippen LogP contribution in [0.3, 0.4) is 0 Å². The van der Waals surface area contributed by atoms with Crippen molar-refractivity contribution in [2.24, 2.45) is 11.8 Å². The van der Waals surface area contributed by atoms with E-state index in [4.69, 9.17) is 18.9 Å². The van der Waals surface area contributed by atoms with Crippen LogP contribution < -0.4 is 10.6 Å². The van der Waals surface area contributed by atoms with Gasteiger partial charge in [-0.1, -0.05) is 0 Å². The minimum atomic E-state index is -0.0229. The maximum absolute atomic E-state index is 12.6. The molecule has 4 atom stereocenters. The zero-order valence-corrected chi connectivity index (χ0v) is 18.4. The quantitative estimate of drug-likeness (QED) is 0.549. The third-order valence-electron chi connectivity index (χ3n) is 6.19. The molecule has 2 amide bonds. The largest absolute Gasteiger partial charge is 0.379 e. The van der Waals surface area contributed by atoms with Crippen molar-refractivity contribution in [1.82, 2.24) is 10.6 Å². The topological polar surface area (TPSA) is 95.1 Å². The van der Waals surface area contributed by atoms with Gasteiger partial charge >= 0.3 is 0 Å². The fourth-order valence-electron chi connectivity index (χ4n) is 4.27. The molecule has 4 unspecified atom stereocenters. The third kappa shape index (κ3) is 7.48. The van der Waals surface area contributed by atoms with Gasteiger partial charge in [0.25, 0.3) is 0 Å². The highest BCUT2D eigenvalue weighted by molar-refractivity contribution is 5.81. The molecule has 1 saturated carbocycles. The van der Waals surface area contributed by atoms with E-state index in [-0.39, 0.29) is 47.9 Å². The number of carbonyl (C=O) groups excluding carboxylic acids is 2. The highest BCUT2D eigenvalue weighted by Gasteiger charge is 2.31. The SMILES string of the molecule is CC(COC1CCOC1)NC(=O)C1CCC(C(=O)NC(C)COC2CCOC2)CC1. The van der Waals surface area contributed by atoms with Crippen molar-refractivity contribution >= 4 is 11.8 Å². The second kappa shape index (κ2) is 12.0. The molecular weight excluding hydrogens is 388 g/mol. The molecule has 2 saturated heterocycles. The lowest BCUT2D eigenvalue weighted by molar-refractivity contribution is -0.131. The van der Waals surface area contributed by atoms with Gasteiger partial charge in [0.1, 0.15) is 0 Å². The van der Waals surface area contributed by atoms with E-state index in [1.807, 2.05) is 13.8 Å². The number of carbonyl (C=O) groups is 2. The molecule has 8 heteroatoms. The van der Waals surface area contributed by atoms with Crippen LogP contribution in [0, 0.1) is 11.8 Å². The monoisotopic (exact) mass is 426 g/mol. The Labute approximate surface area is 179 Å². The van der Waals surface area contributed by atoms with Gasteiger partial charge in [-0.3, -0.25) is 9.59 Å². The minimum absolute atomic E-state index is 0.0190. The van der Waals surface area contributed by atoms with E-state index in [9.17, 15) is 9.59 Å². The summed E-state index contributed by atoms with van der Waals surface area (Å²) in [6, 6.07) is -0.0459. The van der Waals surface area contributed by atoms with Crippen LogP contribution in [0.2, 0.25) is 0 Å². The molecule has 0 aromatic carbocycles. The number of ether oxygens (including phenoxy) is 4. The summed E-state index contributed by atoms with van der Waals surface area (Å²) in [5.41, 5.74) is 0. The molecule has 0 aromatic heterocycles. The van der Waals surface area contributed by atoms with Crippen LogP contribution in [-0.2, 0) is 28.5 Å². The number of amides is 2. The molecule has 1 aliphatic carbocycles. The Morgan fingerprint density at radius 2 is 1.17 bits per heavy atom. The molecule has 2 aliphatic heterocycles. The van der Waals surface area contributed by atoms with Crippen LogP contribution >= 0.6 is 0 Å². The van der Waals surface area contributed by atoms with E-state index < -0.39 is 0 Å². The molecule has 30 heavy (non-hydrogen) atoms. The summed E-state index contributed by atoms with van der Waals surface area (Å²) < 4.78 is 22.2. The first kappa shape index (κ1) is 23.4. The van der Waals surface area contributed by atoms with Gasteiger partial charge in [-0.15, -0.1) is 0 Å². The van der Waals surface area contributed by atoms with Crippen molar-refractivity contribution in [2.45, 2.75) is 76.7 Å². The first-order chi connectivity index (χ1) is 14.5. The molecular formula is C22H38N2O6. The first-order valence-electron chi connectivity index (χ1n) is 11.5. The molecule has 0 radical (unpaired) electrons. The molecule has 3 rings (SSSR count). The smallest absolute Gasteiger partial charge is 0.223 e. The van der Waals surface area contributed by atoms with E-state index >= 15 is 0 Å². The number of rotatable bonds is 10. The van der Waals surface area contributed by atoms with Gasteiger partial charge < -0.3 is 29.6 Å². The Kier molecular flexibility index (Phi) is 9.36. The Balaban J connectivity index is 1.29. The number of hydrogen-bond donors (Lipinski definition) is 2. The predicted molar refractivity (Wildman–Crippen MR) is 111 cm³/mol. The Bertz CT molecular complexity index is 492. The summed E-state index contributed by atoms with van der Waals surface area (Å²) >= 11 is 0. The van der Waals surface area contributed by atoms with Crippen LogP contribution in [0.5, 0.6) is 0 Å². The summed E-state index contributed by atoms with van der Waals surface area (Å²) in [7, 11) is 0. The lowest BCUT2D eigenvalue weighted by atomic mass is 9.81. The summed E-state index contributed by atoms with van der Waals surface area (Å²) in [5.74, 6) is 0.116. The summed E-state index contributed by atoms with van der Waals surface area (Å²) in [5, 5.41) is 6.12. The second-order valence-corrected chi connectivity index (χ2v) is 9.01. The highest BCUT2D eigenvalue weighted by atomic mass is 16.5. The molecule has 3 aliphatic rings. The number of nitrogens with one attached hydrogen (secondary N) is 2. The van der Waals surface area contributed by atoms with Crippen LogP contribution in [0.25, 0.3) is 0 Å². The van der Waals surface area contributed by atoms with Crippen LogP contribution in [-0.4, -0.2) is 75.7 Å². The molecule has 2 N–H and O–H groups in total. The first-order valence-corrected chi connectivity index (χ1v) is 11.5. The fourth-order valence-corrected chi connectivity index (χ4v) is 4.27. The van der Waals surface area contributed by atoms with Gasteiger partial charge in [0.15, 0.2) is 0 Å². The van der Waals surface area contributed by atoms with Crippen LogP contribution in [0.1, 0.15) is 52.4 Å². The molecule has 172 valence electrons. The van der Waals surface area contributed by atoms with E-state index in [1.54, 1.807) is 0 Å². The van der Waals surface area contributed by atoms with Crippen LogP contribution in [0.15, 0.2) is 0 Å². The zero-order chi connectivity index (χ0) is 21.3. The Hall–Kier alpha value is -1.22. The van der Waals surface area contributed by atoms with Crippen LogP contribution in [0.4, 0.5) is 0 Å². The van der Waals surface area contributed by atoms with E-state index in [0.29, 0.717) is 26.4 Å².